The lowest BCUT2D eigenvalue weighted by Gasteiger charge is -2.15. The first-order valence-electron chi connectivity index (χ1n) is 6.77. The molecular weight excluding hydrogens is 427 g/mol. The summed E-state index contributed by atoms with van der Waals surface area (Å²) in [7, 11) is 4.80. The van der Waals surface area contributed by atoms with Gasteiger partial charge < -0.3 is 19.5 Å². The van der Waals surface area contributed by atoms with E-state index in [9.17, 15) is 0 Å². The molecule has 3 rings (SSSR count). The molecule has 0 bridgehead atoms. The number of hydrogen-bond acceptors (Lipinski definition) is 6. The van der Waals surface area contributed by atoms with Crippen molar-refractivity contribution in [1.29, 1.82) is 0 Å². The van der Waals surface area contributed by atoms with E-state index in [1.165, 1.54) is 2.88 Å². The average Bonchev–Trinajstić information content (AvgIpc) is 2.95. The number of pyridine rings is 1. The number of benzene rings is 1. The summed E-state index contributed by atoms with van der Waals surface area (Å²) in [6, 6.07) is 7.79. The predicted molar refractivity (Wildman–Crippen MR) is 102 cm³/mol. The van der Waals surface area contributed by atoms with Crippen molar-refractivity contribution in [2.45, 2.75) is 0 Å². The number of nitrogens with zero attached hydrogens (tertiary/aromatic N) is 1. The van der Waals surface area contributed by atoms with E-state index < -0.39 is 0 Å². The van der Waals surface area contributed by atoms with E-state index >= 15 is 0 Å². The maximum Gasteiger partial charge on any atom is 0.203 e. The molecule has 1 aromatic carbocycles. The van der Waals surface area contributed by atoms with Crippen molar-refractivity contribution in [2.24, 2.45) is 0 Å². The molecule has 0 radical (unpaired) electrons. The Hall–Kier alpha value is -1.74. The summed E-state index contributed by atoms with van der Waals surface area (Å²) >= 11 is 4.01. The summed E-state index contributed by atoms with van der Waals surface area (Å²) in [5.74, 6) is 1.80. The maximum atomic E-state index is 5.39. The van der Waals surface area contributed by atoms with E-state index in [0.717, 1.165) is 21.6 Å². The highest BCUT2D eigenvalue weighted by molar-refractivity contribution is 14.1. The van der Waals surface area contributed by atoms with E-state index in [2.05, 4.69) is 39.0 Å². The Kier molecular flexibility index (Phi) is 4.76. The van der Waals surface area contributed by atoms with Crippen molar-refractivity contribution < 1.29 is 14.2 Å². The zero-order valence-electron chi connectivity index (χ0n) is 12.8. The van der Waals surface area contributed by atoms with Gasteiger partial charge in [-0.15, -0.1) is 11.3 Å². The van der Waals surface area contributed by atoms with Crippen LogP contribution in [0.3, 0.4) is 0 Å². The molecule has 3 aromatic rings. The summed E-state index contributed by atoms with van der Waals surface area (Å²) in [6.45, 7) is 0. The number of fused-ring (bicyclic) bond motifs is 1. The summed E-state index contributed by atoms with van der Waals surface area (Å²) in [5.41, 5.74) is 2.84. The zero-order valence-corrected chi connectivity index (χ0v) is 15.8. The van der Waals surface area contributed by atoms with Crippen LogP contribution < -0.4 is 19.5 Å². The first-order chi connectivity index (χ1) is 11.2. The Morgan fingerprint density at radius 2 is 1.74 bits per heavy atom. The van der Waals surface area contributed by atoms with Crippen LogP contribution in [0, 0.1) is 2.88 Å². The van der Waals surface area contributed by atoms with Crippen LogP contribution in [0.2, 0.25) is 0 Å². The number of halogens is 1. The lowest BCUT2D eigenvalue weighted by Crippen LogP contribution is -1.98. The van der Waals surface area contributed by atoms with Crippen LogP contribution in [0.4, 0.5) is 11.4 Å². The van der Waals surface area contributed by atoms with Gasteiger partial charge in [-0.25, -0.2) is 0 Å². The monoisotopic (exact) mass is 442 g/mol. The second-order valence-electron chi connectivity index (χ2n) is 4.66. The van der Waals surface area contributed by atoms with Crippen molar-refractivity contribution >= 4 is 55.5 Å². The van der Waals surface area contributed by atoms with Gasteiger partial charge in [-0.1, -0.05) is 0 Å². The molecule has 0 aliphatic heterocycles. The van der Waals surface area contributed by atoms with Gasteiger partial charge in [0.25, 0.3) is 0 Å². The smallest absolute Gasteiger partial charge is 0.203 e. The molecule has 0 saturated carbocycles. The number of nitrogens with one attached hydrogen (secondary N) is 1. The van der Waals surface area contributed by atoms with Crippen molar-refractivity contribution in [3.8, 4) is 17.2 Å². The van der Waals surface area contributed by atoms with Gasteiger partial charge in [0.1, 0.15) is 0 Å². The molecule has 0 aliphatic rings. The van der Waals surface area contributed by atoms with Crippen LogP contribution in [0.5, 0.6) is 17.2 Å². The van der Waals surface area contributed by atoms with Crippen LogP contribution in [0.1, 0.15) is 0 Å². The molecule has 2 aromatic heterocycles. The van der Waals surface area contributed by atoms with Gasteiger partial charge in [-0.05, 0) is 34.7 Å². The summed E-state index contributed by atoms with van der Waals surface area (Å²) in [5, 5.41) is 3.41. The van der Waals surface area contributed by atoms with Crippen molar-refractivity contribution in [1.82, 2.24) is 4.98 Å². The molecular formula is C16H15IN2O3S. The quantitative estimate of drug-likeness (QED) is 0.583. The molecule has 7 heteroatoms. The van der Waals surface area contributed by atoms with Gasteiger partial charge in [0.2, 0.25) is 5.75 Å². The zero-order chi connectivity index (χ0) is 16.4. The van der Waals surface area contributed by atoms with Gasteiger partial charge >= 0.3 is 0 Å². The number of ether oxygens (including phenoxy) is 3. The second-order valence-corrected chi connectivity index (χ2v) is 7.61. The normalized spacial score (nSPS) is 10.6. The van der Waals surface area contributed by atoms with Crippen molar-refractivity contribution in [3.63, 3.8) is 0 Å². The lowest BCUT2D eigenvalue weighted by molar-refractivity contribution is 0.324. The molecule has 0 saturated heterocycles. The first-order valence-corrected chi connectivity index (χ1v) is 8.67. The van der Waals surface area contributed by atoms with E-state index in [-0.39, 0.29) is 0 Å². The number of aromatic nitrogens is 1. The molecule has 0 spiro atoms. The van der Waals surface area contributed by atoms with Crippen LogP contribution in [-0.2, 0) is 0 Å². The lowest BCUT2D eigenvalue weighted by atomic mass is 10.2. The minimum Gasteiger partial charge on any atom is -0.493 e. The van der Waals surface area contributed by atoms with Crippen LogP contribution >= 0.6 is 33.9 Å². The molecule has 0 atom stereocenters. The van der Waals surface area contributed by atoms with E-state index in [1.807, 2.05) is 18.2 Å². The van der Waals surface area contributed by atoms with Gasteiger partial charge in [-0.2, -0.15) is 0 Å². The summed E-state index contributed by atoms with van der Waals surface area (Å²) in [4.78, 5) is 4.40. The SMILES string of the molecule is COc1cc(Nc2ccnc3cc(I)sc23)cc(OC)c1OC. The third-order valence-electron chi connectivity index (χ3n) is 3.33. The predicted octanol–water partition coefficient (Wildman–Crippen LogP) is 4.67. The number of anilines is 2. The third-order valence-corrected chi connectivity index (χ3v) is 5.24. The number of methoxy groups -OCH3 is 3. The van der Waals surface area contributed by atoms with Crippen LogP contribution in [-0.4, -0.2) is 26.3 Å². The highest BCUT2D eigenvalue weighted by atomic mass is 127. The number of hydrogen-bond donors (Lipinski definition) is 1. The summed E-state index contributed by atoms with van der Waals surface area (Å²) in [6.07, 6.45) is 1.80. The molecule has 2 heterocycles. The minimum absolute atomic E-state index is 0.575. The highest BCUT2D eigenvalue weighted by Crippen LogP contribution is 2.41. The molecule has 0 fully saturated rings. The fraction of sp³-hybridized carbons (Fsp3) is 0.188. The molecule has 120 valence electrons. The van der Waals surface area contributed by atoms with Gasteiger partial charge in [0.15, 0.2) is 11.5 Å². The minimum atomic E-state index is 0.575. The van der Waals surface area contributed by atoms with Gasteiger partial charge in [0, 0.05) is 24.0 Å². The maximum absolute atomic E-state index is 5.39. The molecule has 1 N–H and O–H groups in total. The van der Waals surface area contributed by atoms with Crippen molar-refractivity contribution in [3.05, 3.63) is 33.3 Å². The van der Waals surface area contributed by atoms with Crippen LogP contribution in [0.15, 0.2) is 30.5 Å². The standard InChI is InChI=1S/C16H15IN2O3S/c1-20-12-6-9(7-13(21-2)15(12)22-3)19-10-4-5-18-11-8-14(17)23-16(10)11/h4-8H,1-3H3,(H,18,19). The second kappa shape index (κ2) is 6.79. The van der Waals surface area contributed by atoms with Crippen LogP contribution in [0.25, 0.3) is 10.2 Å². The van der Waals surface area contributed by atoms with Crippen molar-refractivity contribution in [2.75, 3.05) is 26.6 Å². The van der Waals surface area contributed by atoms with E-state index in [1.54, 1.807) is 38.9 Å². The third kappa shape index (κ3) is 3.16. The number of thiophene rings is 1. The van der Waals surface area contributed by atoms with E-state index in [0.29, 0.717) is 17.2 Å². The Bertz CT molecular complexity index is 825. The topological polar surface area (TPSA) is 52.6 Å². The summed E-state index contributed by atoms with van der Waals surface area (Å²) < 4.78 is 18.5. The Morgan fingerprint density at radius 3 is 2.35 bits per heavy atom. The number of rotatable bonds is 5. The Morgan fingerprint density at radius 1 is 1.04 bits per heavy atom. The van der Waals surface area contributed by atoms with E-state index in [4.69, 9.17) is 14.2 Å². The van der Waals surface area contributed by atoms with Gasteiger partial charge in [-0.3, -0.25) is 4.98 Å². The fourth-order valence-corrected chi connectivity index (χ4v) is 4.08. The first kappa shape index (κ1) is 16.1. The average molecular weight is 442 g/mol. The Balaban J connectivity index is 2.05. The highest BCUT2D eigenvalue weighted by Gasteiger charge is 2.14. The molecule has 23 heavy (non-hydrogen) atoms. The molecule has 5 nitrogen and oxygen atoms in total. The molecule has 0 unspecified atom stereocenters. The molecule has 0 amide bonds. The Labute approximate surface area is 151 Å². The molecule has 0 aliphatic carbocycles. The van der Waals surface area contributed by atoms with Gasteiger partial charge in [0.05, 0.1) is 40.1 Å². The fourth-order valence-electron chi connectivity index (χ4n) is 2.32. The largest absolute Gasteiger partial charge is 0.493 e.